The third-order valence-electron chi connectivity index (χ3n) is 13.3. The van der Waals surface area contributed by atoms with Gasteiger partial charge in [0.05, 0.1) is 50.5 Å². The van der Waals surface area contributed by atoms with Gasteiger partial charge >= 0.3 is 41.6 Å². The van der Waals surface area contributed by atoms with Crippen LogP contribution in [0, 0.1) is 0 Å². The summed E-state index contributed by atoms with van der Waals surface area (Å²) in [5.41, 5.74) is 33.9. The Labute approximate surface area is 519 Å². The lowest BCUT2D eigenvalue weighted by atomic mass is 9.83. The van der Waals surface area contributed by atoms with Gasteiger partial charge in [-0.1, -0.05) is 13.8 Å². The monoisotopic (exact) mass is 1410 g/mol. The Hall–Kier alpha value is -2.05. The second kappa shape index (κ2) is 39.7. The number of aliphatic hydroxyl groups excluding tert-OH is 4. The molecule has 0 amide bonds. The van der Waals surface area contributed by atoms with Crippen molar-refractivity contribution in [2.45, 2.75) is 187 Å². The van der Waals surface area contributed by atoms with Crippen LogP contribution in [0.25, 0.3) is 0 Å². The zero-order chi connectivity index (χ0) is 69.4. The van der Waals surface area contributed by atoms with E-state index >= 15 is 0 Å². The molecular formula is C42H92N10O32S5. The number of rotatable bonds is 16. The highest BCUT2D eigenvalue weighted by atomic mass is 32.3. The van der Waals surface area contributed by atoms with Gasteiger partial charge in [0.1, 0.15) is 71.6 Å². The summed E-state index contributed by atoms with van der Waals surface area (Å²) in [5.74, 6) is 1.14. The number of aliphatic hydroxyl groups is 6. The summed E-state index contributed by atoms with van der Waals surface area (Å²) in [7, 11) is -15.4. The SMILES string of the molecule is CCN[C@@H]1C[C@H](N)[C@@H](O[C@H]2OC(CN)=CC[C@@H]2N)[C@H](O)[C@@H]1O[C@H]1OC[C@](C)(O)[C@H](NC)[C@@H]1O.CCN[C@@H]1C[C@H](N)[C@@H](O[C@H]2OC(CN)=CC[C@@H]2N)[C@H](O)[C@@H]1O[C@H]1OC[C@](C)(O)[C@H](NC)[C@@H]1O.O=S(=O)(O)O.O=S(=O)(O)O.O=S(=O)(O)O.O=S(=O)(O)O.OSO. The Morgan fingerprint density at radius 2 is 0.775 bits per heavy atom. The molecule has 89 heavy (non-hydrogen) atoms. The molecule has 4 heterocycles. The molecule has 532 valence electrons. The van der Waals surface area contributed by atoms with Crippen molar-refractivity contribution in [1.29, 1.82) is 0 Å². The molecule has 0 bridgehead atoms. The molecule has 0 unspecified atom stereocenters. The molecule has 2 saturated heterocycles. The fraction of sp³-hybridized carbons (Fsp3) is 0.905. The fourth-order valence-electron chi connectivity index (χ4n) is 9.71. The van der Waals surface area contributed by atoms with Crippen LogP contribution in [-0.4, -0.2) is 297 Å². The first-order chi connectivity index (χ1) is 40.7. The third-order valence-corrected chi connectivity index (χ3v) is 13.3. The Morgan fingerprint density at radius 1 is 0.517 bits per heavy atom. The summed E-state index contributed by atoms with van der Waals surface area (Å²) in [4.78, 5) is 0. The Kier molecular flexibility index (Phi) is 38.8. The molecule has 2 saturated carbocycles. The number of nitrogens with one attached hydrogen (secondary N) is 4. The summed E-state index contributed by atoms with van der Waals surface area (Å²) < 4.78 is 188. The number of nitrogens with two attached hydrogens (primary N) is 6. The van der Waals surface area contributed by atoms with Crippen LogP contribution >= 0.6 is 12.3 Å². The molecule has 42 nitrogen and oxygen atoms in total. The maximum Gasteiger partial charge on any atom is 0.394 e. The minimum Gasteiger partial charge on any atom is -0.467 e. The lowest BCUT2D eigenvalue weighted by Gasteiger charge is -2.49. The van der Waals surface area contributed by atoms with Crippen molar-refractivity contribution in [1.82, 2.24) is 21.3 Å². The van der Waals surface area contributed by atoms with E-state index in [1.807, 2.05) is 26.0 Å². The predicted octanol–water partition coefficient (Wildman–Crippen LogP) is -8.35. The predicted molar refractivity (Wildman–Crippen MR) is 309 cm³/mol. The van der Waals surface area contributed by atoms with E-state index in [2.05, 4.69) is 21.3 Å². The molecule has 22 atom stereocenters. The first kappa shape index (κ1) is 87.0. The van der Waals surface area contributed by atoms with E-state index in [4.69, 9.17) is 151 Å². The van der Waals surface area contributed by atoms with Crippen molar-refractivity contribution in [2.24, 2.45) is 34.4 Å². The standard InChI is InChI=1S/2C21H41N5O7.4H2O4S.H2O2S/c2*1-4-26-13-7-12(24)16(32-19-11(23)6-5-10(8-22)31-19)14(27)17(13)33-20-15(28)18(25-3)21(2,29)9-30-20;4*1-5(2,3)4;1-3-2/h2*5,11-20,25-29H,4,6-9,22-24H2,1-3H3;4*(H2,1,2,3,4);1-2H/t2*11-,12-,13+,14-,15-,16+,17+,18+,19+,20+,21-;;;;;/m00...../s1. The van der Waals surface area contributed by atoms with Gasteiger partial charge in [-0.25, -0.2) is 0 Å². The minimum atomic E-state index is -4.67. The highest BCUT2D eigenvalue weighted by molar-refractivity contribution is 7.87. The lowest BCUT2D eigenvalue weighted by Crippen LogP contribution is -2.69. The van der Waals surface area contributed by atoms with Crippen LogP contribution in [0.1, 0.15) is 53.4 Å². The van der Waals surface area contributed by atoms with E-state index in [0.717, 1.165) is 0 Å². The van der Waals surface area contributed by atoms with E-state index in [1.54, 1.807) is 27.9 Å². The zero-order valence-electron chi connectivity index (χ0n) is 49.0. The Balaban J connectivity index is 0.00000129. The molecule has 47 heteroatoms. The van der Waals surface area contributed by atoms with Crippen LogP contribution in [0.3, 0.4) is 0 Å². The Bertz CT molecular complexity index is 2300. The molecule has 2 aliphatic carbocycles. The first-order valence-corrected chi connectivity index (χ1v) is 32.7. The van der Waals surface area contributed by atoms with Gasteiger partial charge < -0.3 is 133 Å². The summed E-state index contributed by atoms with van der Waals surface area (Å²) in [6.07, 6.45) is -6.11. The lowest BCUT2D eigenvalue weighted by molar-refractivity contribution is -0.304. The zero-order valence-corrected chi connectivity index (χ0v) is 53.0. The molecule has 6 rings (SSSR count). The van der Waals surface area contributed by atoms with Crippen LogP contribution in [-0.2, 0) is 79.5 Å². The maximum absolute atomic E-state index is 11.3. The summed E-state index contributed by atoms with van der Waals surface area (Å²) >= 11 is -0.250. The number of ether oxygens (including phenoxy) is 8. The second-order valence-electron chi connectivity index (χ2n) is 20.5. The molecule has 0 spiro atoms. The second-order valence-corrected chi connectivity index (χ2v) is 24.2. The smallest absolute Gasteiger partial charge is 0.394 e. The molecule has 0 aromatic carbocycles. The average Bonchev–Trinajstić information content (AvgIpc) is 1.08. The van der Waals surface area contributed by atoms with E-state index in [0.29, 0.717) is 50.3 Å². The van der Waals surface area contributed by atoms with Gasteiger partial charge in [-0.2, -0.15) is 33.7 Å². The van der Waals surface area contributed by atoms with Gasteiger partial charge in [0.15, 0.2) is 24.9 Å². The van der Waals surface area contributed by atoms with E-state index in [9.17, 15) is 30.6 Å². The molecule has 6 aliphatic rings. The van der Waals surface area contributed by atoms with Crippen LogP contribution < -0.4 is 55.7 Å². The summed E-state index contributed by atoms with van der Waals surface area (Å²) in [5, 5.41) is 77.5. The van der Waals surface area contributed by atoms with Crippen molar-refractivity contribution in [3.8, 4) is 0 Å². The quantitative estimate of drug-likeness (QED) is 0.0504. The number of hydrogen-bond donors (Lipinski definition) is 26. The van der Waals surface area contributed by atoms with Crippen LogP contribution in [0.5, 0.6) is 0 Å². The summed E-state index contributed by atoms with van der Waals surface area (Å²) in [6, 6.07) is -3.90. The largest absolute Gasteiger partial charge is 0.467 e. The van der Waals surface area contributed by atoms with Crippen molar-refractivity contribution in [2.75, 3.05) is 53.5 Å². The highest BCUT2D eigenvalue weighted by Gasteiger charge is 2.53. The van der Waals surface area contributed by atoms with Crippen molar-refractivity contribution in [3.05, 3.63) is 23.7 Å². The van der Waals surface area contributed by atoms with E-state index in [1.165, 1.54) is 0 Å². The highest BCUT2D eigenvalue weighted by Crippen LogP contribution is 2.34. The summed E-state index contributed by atoms with van der Waals surface area (Å²) in [6.45, 7) is 8.61. The van der Waals surface area contributed by atoms with Crippen LogP contribution in [0.2, 0.25) is 0 Å². The minimum absolute atomic E-state index is 0.0483. The number of likely N-dealkylation sites (N-methyl/N-ethyl adjacent to an activating group) is 4. The number of hydrogen-bond acceptors (Lipinski definition) is 35. The van der Waals surface area contributed by atoms with Crippen molar-refractivity contribution < 1.29 is 148 Å². The van der Waals surface area contributed by atoms with E-state index in [-0.39, 0.29) is 50.7 Å². The van der Waals surface area contributed by atoms with Gasteiger partial charge in [0, 0.05) is 24.2 Å². The molecule has 32 N–H and O–H groups in total. The van der Waals surface area contributed by atoms with E-state index < -0.39 is 163 Å². The van der Waals surface area contributed by atoms with Crippen LogP contribution in [0.15, 0.2) is 23.7 Å². The van der Waals surface area contributed by atoms with Gasteiger partial charge in [0.25, 0.3) is 0 Å². The molecule has 0 radical (unpaired) electrons. The van der Waals surface area contributed by atoms with Crippen molar-refractivity contribution >= 4 is 53.9 Å². The molecular weight excluding hydrogens is 1320 g/mol. The fourth-order valence-corrected chi connectivity index (χ4v) is 9.71. The third kappa shape index (κ3) is 33.8. The van der Waals surface area contributed by atoms with Gasteiger partial charge in [-0.15, -0.1) is 0 Å². The molecule has 0 aromatic heterocycles. The average molecular weight is 1410 g/mol. The Morgan fingerprint density at radius 3 is 1.01 bits per heavy atom. The van der Waals surface area contributed by atoms with Gasteiger partial charge in [-0.3, -0.25) is 36.4 Å². The maximum atomic E-state index is 11.3. The first-order valence-electron chi connectivity index (χ1n) is 26.4. The molecule has 4 aliphatic heterocycles. The normalized spacial score (nSPS) is 37.3. The van der Waals surface area contributed by atoms with Gasteiger partial charge in [-0.05, 0) is 78.9 Å². The van der Waals surface area contributed by atoms with Crippen LogP contribution in [0.4, 0.5) is 0 Å². The molecule has 0 aromatic rings. The van der Waals surface area contributed by atoms with Gasteiger partial charge in [0.2, 0.25) is 12.6 Å². The topological polar surface area (TPSA) is 738 Å². The van der Waals surface area contributed by atoms with Crippen molar-refractivity contribution in [3.63, 3.8) is 0 Å². The molecule has 4 fully saturated rings.